The Morgan fingerprint density at radius 2 is 1.69 bits per heavy atom. The summed E-state index contributed by atoms with van der Waals surface area (Å²) in [6.45, 7) is 9.96. The molecule has 138 valence electrons. The zero-order valence-electron chi connectivity index (χ0n) is 15.8. The molecule has 1 aliphatic heterocycles. The van der Waals surface area contributed by atoms with E-state index in [0.29, 0.717) is 11.7 Å². The van der Waals surface area contributed by atoms with Gasteiger partial charge in [0.1, 0.15) is 0 Å². The number of aryl methyl sites for hydroxylation is 2. The molecule has 0 amide bonds. The summed E-state index contributed by atoms with van der Waals surface area (Å²) in [7, 11) is -0.406. The van der Waals surface area contributed by atoms with Crippen molar-refractivity contribution in [1.82, 2.24) is 4.98 Å². The maximum Gasteiger partial charge on any atom is 0.494 e. The molecule has 1 N–H and O–H groups in total. The van der Waals surface area contributed by atoms with Gasteiger partial charge in [0, 0.05) is 12.0 Å². The van der Waals surface area contributed by atoms with Gasteiger partial charge in [0.15, 0.2) is 11.7 Å². The number of hydrogen-bond acceptors (Lipinski definition) is 5. The molecular formula is C19H24BNO5. The van der Waals surface area contributed by atoms with Crippen LogP contribution in [0, 0.1) is 6.92 Å². The van der Waals surface area contributed by atoms with Crippen molar-refractivity contribution in [2.45, 2.75) is 58.7 Å². The molecule has 0 bridgehead atoms. The van der Waals surface area contributed by atoms with Crippen LogP contribution < -0.4 is 5.46 Å². The first-order chi connectivity index (χ1) is 12.1. The molecule has 2 aromatic rings. The van der Waals surface area contributed by atoms with Crippen molar-refractivity contribution in [2.24, 2.45) is 0 Å². The van der Waals surface area contributed by atoms with E-state index in [1.165, 1.54) is 0 Å². The zero-order chi connectivity index (χ0) is 19.1. The van der Waals surface area contributed by atoms with Gasteiger partial charge in [-0.25, -0.2) is 4.98 Å². The highest BCUT2D eigenvalue weighted by molar-refractivity contribution is 6.62. The Kier molecular flexibility index (Phi) is 4.71. The first-order valence-corrected chi connectivity index (χ1v) is 8.73. The molecule has 0 atom stereocenters. The Bertz CT molecular complexity index is 794. The molecule has 7 heteroatoms. The Balaban J connectivity index is 1.77. The Morgan fingerprint density at radius 3 is 2.23 bits per heavy atom. The van der Waals surface area contributed by atoms with Gasteiger partial charge in [-0.1, -0.05) is 24.3 Å². The van der Waals surface area contributed by atoms with Crippen molar-refractivity contribution in [2.75, 3.05) is 0 Å². The van der Waals surface area contributed by atoms with Crippen LogP contribution in [0.25, 0.3) is 11.3 Å². The molecule has 1 aliphatic rings. The number of carboxylic acid groups (broad SMARTS) is 1. The molecule has 0 spiro atoms. The number of oxazole rings is 1. The van der Waals surface area contributed by atoms with Gasteiger partial charge in [-0.15, -0.1) is 0 Å². The molecule has 0 radical (unpaired) electrons. The van der Waals surface area contributed by atoms with Crippen LogP contribution in [-0.2, 0) is 20.5 Å². The topological polar surface area (TPSA) is 81.8 Å². The average Bonchev–Trinajstić information content (AvgIpc) is 3.02. The minimum atomic E-state index is -0.867. The molecule has 0 unspecified atom stereocenters. The summed E-state index contributed by atoms with van der Waals surface area (Å²) in [5.41, 5.74) is 1.81. The summed E-state index contributed by atoms with van der Waals surface area (Å²) in [6, 6.07) is 7.79. The predicted octanol–water partition coefficient (Wildman–Crippen LogP) is 2.97. The van der Waals surface area contributed by atoms with Gasteiger partial charge in [0.2, 0.25) is 0 Å². The van der Waals surface area contributed by atoms with Gasteiger partial charge in [0.05, 0.1) is 23.3 Å². The van der Waals surface area contributed by atoms with Gasteiger partial charge in [-0.05, 0) is 40.1 Å². The molecule has 1 fully saturated rings. The monoisotopic (exact) mass is 357 g/mol. The van der Waals surface area contributed by atoms with E-state index in [1.54, 1.807) is 0 Å². The number of hydrogen-bond donors (Lipinski definition) is 1. The standard InChI is InChI=1S/C19H24BNO5/c1-12-17(24-15(21-12)10-11-16(22)23)13-6-8-14(9-7-13)20-25-18(2,3)19(4,5)26-20/h6-9H,10-11H2,1-5H3,(H,22,23). The summed E-state index contributed by atoms with van der Waals surface area (Å²) < 4.78 is 17.9. The number of rotatable bonds is 5. The predicted molar refractivity (Wildman–Crippen MR) is 98.3 cm³/mol. The number of benzene rings is 1. The van der Waals surface area contributed by atoms with Crippen molar-refractivity contribution in [3.8, 4) is 11.3 Å². The third kappa shape index (κ3) is 3.55. The van der Waals surface area contributed by atoms with E-state index in [4.69, 9.17) is 18.8 Å². The highest BCUT2D eigenvalue weighted by atomic mass is 16.7. The number of aliphatic carboxylic acids is 1. The summed E-state index contributed by atoms with van der Waals surface area (Å²) in [4.78, 5) is 15.0. The fraction of sp³-hybridized carbons (Fsp3) is 0.474. The molecule has 26 heavy (non-hydrogen) atoms. The van der Waals surface area contributed by atoms with E-state index in [0.717, 1.165) is 16.7 Å². The largest absolute Gasteiger partial charge is 0.494 e. The smallest absolute Gasteiger partial charge is 0.481 e. The normalized spacial score (nSPS) is 18.3. The third-order valence-electron chi connectivity index (χ3n) is 5.09. The van der Waals surface area contributed by atoms with Crippen LogP contribution in [0.15, 0.2) is 28.7 Å². The van der Waals surface area contributed by atoms with E-state index in [2.05, 4.69) is 4.98 Å². The molecule has 3 rings (SSSR count). The molecule has 6 nitrogen and oxygen atoms in total. The SMILES string of the molecule is Cc1nc(CCC(=O)O)oc1-c1ccc(B2OC(C)(C)C(C)(C)O2)cc1. The lowest BCUT2D eigenvalue weighted by Crippen LogP contribution is -2.41. The van der Waals surface area contributed by atoms with Crippen molar-refractivity contribution in [3.05, 3.63) is 35.9 Å². The minimum Gasteiger partial charge on any atom is -0.481 e. The maximum absolute atomic E-state index is 10.7. The van der Waals surface area contributed by atoms with Crippen LogP contribution in [0.1, 0.15) is 45.7 Å². The number of nitrogens with zero attached hydrogens (tertiary/aromatic N) is 1. The Labute approximate surface area is 153 Å². The van der Waals surface area contributed by atoms with Gasteiger partial charge in [-0.2, -0.15) is 0 Å². The lowest BCUT2D eigenvalue weighted by atomic mass is 9.79. The van der Waals surface area contributed by atoms with Crippen LogP contribution in [-0.4, -0.2) is 34.4 Å². The number of carboxylic acids is 1. The number of carbonyl (C=O) groups is 1. The van der Waals surface area contributed by atoms with Crippen molar-refractivity contribution < 1.29 is 23.6 Å². The quantitative estimate of drug-likeness (QED) is 0.829. The van der Waals surface area contributed by atoms with Crippen LogP contribution in [0.3, 0.4) is 0 Å². The molecule has 1 saturated heterocycles. The molecule has 2 heterocycles. The van der Waals surface area contributed by atoms with E-state index >= 15 is 0 Å². The van der Waals surface area contributed by atoms with Crippen molar-refractivity contribution in [1.29, 1.82) is 0 Å². The van der Waals surface area contributed by atoms with Crippen LogP contribution in [0.4, 0.5) is 0 Å². The summed E-state index contributed by atoms with van der Waals surface area (Å²) >= 11 is 0. The van der Waals surface area contributed by atoms with Crippen LogP contribution >= 0.6 is 0 Å². The second-order valence-electron chi connectivity index (χ2n) is 7.63. The van der Waals surface area contributed by atoms with Gasteiger partial charge in [-0.3, -0.25) is 4.79 Å². The lowest BCUT2D eigenvalue weighted by Gasteiger charge is -2.32. The summed E-state index contributed by atoms with van der Waals surface area (Å²) in [5.74, 6) is 0.231. The molecule has 0 saturated carbocycles. The van der Waals surface area contributed by atoms with Crippen LogP contribution in [0.5, 0.6) is 0 Å². The Hall–Kier alpha value is -2.12. The highest BCUT2D eigenvalue weighted by Crippen LogP contribution is 2.36. The molecule has 0 aliphatic carbocycles. The maximum atomic E-state index is 10.7. The van der Waals surface area contributed by atoms with E-state index in [1.807, 2.05) is 58.9 Å². The fourth-order valence-corrected chi connectivity index (χ4v) is 2.81. The molecule has 1 aromatic heterocycles. The first kappa shape index (κ1) is 18.7. The van der Waals surface area contributed by atoms with Gasteiger partial charge in [0.25, 0.3) is 0 Å². The van der Waals surface area contributed by atoms with Crippen molar-refractivity contribution in [3.63, 3.8) is 0 Å². The number of aromatic nitrogens is 1. The first-order valence-electron chi connectivity index (χ1n) is 8.73. The van der Waals surface area contributed by atoms with E-state index < -0.39 is 13.1 Å². The second-order valence-corrected chi connectivity index (χ2v) is 7.63. The minimum absolute atomic E-state index is 0.000258. The fourth-order valence-electron chi connectivity index (χ4n) is 2.81. The lowest BCUT2D eigenvalue weighted by molar-refractivity contribution is -0.137. The average molecular weight is 357 g/mol. The van der Waals surface area contributed by atoms with Gasteiger partial charge < -0.3 is 18.8 Å². The summed E-state index contributed by atoms with van der Waals surface area (Å²) in [5, 5.41) is 8.78. The van der Waals surface area contributed by atoms with E-state index in [-0.39, 0.29) is 24.0 Å². The van der Waals surface area contributed by atoms with Gasteiger partial charge >= 0.3 is 13.1 Å². The molecular weight excluding hydrogens is 333 g/mol. The van der Waals surface area contributed by atoms with E-state index in [9.17, 15) is 4.79 Å². The van der Waals surface area contributed by atoms with Crippen molar-refractivity contribution >= 4 is 18.6 Å². The third-order valence-corrected chi connectivity index (χ3v) is 5.09. The highest BCUT2D eigenvalue weighted by Gasteiger charge is 2.51. The summed E-state index contributed by atoms with van der Waals surface area (Å²) in [6.07, 6.45) is 0.280. The van der Waals surface area contributed by atoms with Crippen LogP contribution in [0.2, 0.25) is 0 Å². The zero-order valence-corrected chi connectivity index (χ0v) is 15.8. The Morgan fingerprint density at radius 1 is 1.12 bits per heavy atom. The molecule has 1 aromatic carbocycles. The second kappa shape index (κ2) is 6.56.